The van der Waals surface area contributed by atoms with E-state index in [1.54, 1.807) is 12.1 Å². The van der Waals surface area contributed by atoms with Crippen molar-refractivity contribution >= 4 is 0 Å². The maximum absolute atomic E-state index is 8.89. The molecule has 1 rings (SSSR count). The molecular weight excluding hydrogens is 226 g/mol. The summed E-state index contributed by atoms with van der Waals surface area (Å²) in [4.78, 5) is 0. The second-order valence-corrected chi connectivity index (χ2v) is 5.38. The van der Waals surface area contributed by atoms with E-state index in [0.717, 1.165) is 13.0 Å². The molecule has 1 aromatic rings. The minimum Gasteiger partial charge on any atom is -0.490 e. The first-order chi connectivity index (χ1) is 8.53. The summed E-state index contributed by atoms with van der Waals surface area (Å²) in [5.41, 5.74) is 0.862. The van der Waals surface area contributed by atoms with Crippen molar-refractivity contribution in [2.45, 2.75) is 27.2 Å². The lowest BCUT2D eigenvalue weighted by Gasteiger charge is -2.17. The Kier molecular flexibility index (Phi) is 5.67. The molecule has 1 aromatic carbocycles. The molecule has 0 aliphatic carbocycles. The van der Waals surface area contributed by atoms with Gasteiger partial charge >= 0.3 is 0 Å². The number of hydrogen-bond donors (Lipinski definition) is 0. The normalized spacial score (nSPS) is 11.0. The molecule has 0 aliphatic rings. The number of rotatable bonds is 6. The molecular formula is C15H21NO2. The van der Waals surface area contributed by atoms with E-state index in [-0.39, 0.29) is 0 Å². The fraction of sp³-hybridized carbons (Fsp3) is 0.533. The van der Waals surface area contributed by atoms with E-state index in [4.69, 9.17) is 14.7 Å². The molecule has 0 spiro atoms. The van der Waals surface area contributed by atoms with Gasteiger partial charge in [-0.3, -0.25) is 0 Å². The van der Waals surface area contributed by atoms with Crippen LogP contribution in [-0.4, -0.2) is 19.8 Å². The Balaban J connectivity index is 2.21. The highest BCUT2D eigenvalue weighted by Crippen LogP contribution is 2.18. The topological polar surface area (TPSA) is 42.2 Å². The van der Waals surface area contributed by atoms with Gasteiger partial charge < -0.3 is 9.47 Å². The van der Waals surface area contributed by atoms with Gasteiger partial charge in [0.05, 0.1) is 12.2 Å². The molecule has 0 saturated carbocycles. The molecule has 0 amide bonds. The van der Waals surface area contributed by atoms with Crippen LogP contribution in [0.1, 0.15) is 32.8 Å². The van der Waals surface area contributed by atoms with Crippen LogP contribution in [0, 0.1) is 16.7 Å². The molecule has 0 aliphatic heterocycles. The van der Waals surface area contributed by atoms with Crippen molar-refractivity contribution in [3.05, 3.63) is 29.8 Å². The maximum atomic E-state index is 8.89. The Labute approximate surface area is 109 Å². The predicted octanol–water partition coefficient (Wildman–Crippen LogP) is 3.39. The number of nitrogens with zero attached hydrogens (tertiary/aromatic N) is 1. The summed E-state index contributed by atoms with van der Waals surface area (Å²) in [6, 6.07) is 9.33. The Morgan fingerprint density at radius 3 is 2.50 bits per heavy atom. The summed E-state index contributed by atoms with van der Waals surface area (Å²) in [6.45, 7) is 8.34. The van der Waals surface area contributed by atoms with Gasteiger partial charge in [-0.1, -0.05) is 32.9 Å². The van der Waals surface area contributed by atoms with Crippen molar-refractivity contribution in [3.8, 4) is 11.8 Å². The third-order valence-corrected chi connectivity index (χ3v) is 2.49. The van der Waals surface area contributed by atoms with Crippen molar-refractivity contribution in [1.82, 2.24) is 0 Å². The van der Waals surface area contributed by atoms with Crippen LogP contribution in [0.3, 0.4) is 0 Å². The molecule has 0 unspecified atom stereocenters. The van der Waals surface area contributed by atoms with E-state index in [1.165, 1.54) is 0 Å². The number of benzene rings is 1. The monoisotopic (exact) mass is 247 g/mol. The molecule has 0 fully saturated rings. The zero-order valence-corrected chi connectivity index (χ0v) is 11.4. The SMILES string of the molecule is CC(C)(C)CCOCCOc1ccccc1C#N. The molecule has 0 bridgehead atoms. The average molecular weight is 247 g/mol. The molecule has 98 valence electrons. The highest BCUT2D eigenvalue weighted by Gasteiger charge is 2.09. The van der Waals surface area contributed by atoms with Gasteiger partial charge in [0.25, 0.3) is 0 Å². The number of hydrogen-bond acceptors (Lipinski definition) is 3. The lowest BCUT2D eigenvalue weighted by Crippen LogP contribution is -2.13. The van der Waals surface area contributed by atoms with Crippen LogP contribution in [0.2, 0.25) is 0 Å². The fourth-order valence-corrected chi connectivity index (χ4v) is 1.38. The molecule has 0 radical (unpaired) electrons. The lowest BCUT2D eigenvalue weighted by molar-refractivity contribution is 0.0818. The number of para-hydroxylation sites is 1. The van der Waals surface area contributed by atoms with Crippen LogP contribution in [0.5, 0.6) is 5.75 Å². The van der Waals surface area contributed by atoms with Gasteiger partial charge in [0.2, 0.25) is 0 Å². The Morgan fingerprint density at radius 1 is 1.11 bits per heavy atom. The summed E-state index contributed by atoms with van der Waals surface area (Å²) in [5, 5.41) is 8.89. The first-order valence-electron chi connectivity index (χ1n) is 6.22. The van der Waals surface area contributed by atoms with Gasteiger partial charge in [-0.05, 0) is 24.0 Å². The molecule has 3 heteroatoms. The predicted molar refractivity (Wildman–Crippen MR) is 71.5 cm³/mol. The molecule has 3 nitrogen and oxygen atoms in total. The van der Waals surface area contributed by atoms with Crippen LogP contribution in [-0.2, 0) is 4.74 Å². The summed E-state index contributed by atoms with van der Waals surface area (Å²) in [5.74, 6) is 0.624. The summed E-state index contributed by atoms with van der Waals surface area (Å²) >= 11 is 0. The molecule has 0 aromatic heterocycles. The van der Waals surface area contributed by atoms with E-state index >= 15 is 0 Å². The van der Waals surface area contributed by atoms with Crippen molar-refractivity contribution in [2.24, 2.45) is 5.41 Å². The average Bonchev–Trinajstić information content (AvgIpc) is 2.32. The van der Waals surface area contributed by atoms with Gasteiger partial charge in [-0.15, -0.1) is 0 Å². The van der Waals surface area contributed by atoms with Crippen LogP contribution in [0.4, 0.5) is 0 Å². The van der Waals surface area contributed by atoms with Gasteiger partial charge in [0.15, 0.2) is 0 Å². The highest BCUT2D eigenvalue weighted by atomic mass is 16.5. The quantitative estimate of drug-likeness (QED) is 0.724. The third-order valence-electron chi connectivity index (χ3n) is 2.49. The van der Waals surface area contributed by atoms with Gasteiger partial charge in [-0.25, -0.2) is 0 Å². The van der Waals surface area contributed by atoms with Gasteiger partial charge in [-0.2, -0.15) is 5.26 Å². The van der Waals surface area contributed by atoms with Gasteiger partial charge in [0.1, 0.15) is 18.4 Å². The zero-order valence-electron chi connectivity index (χ0n) is 11.4. The van der Waals surface area contributed by atoms with Crippen LogP contribution < -0.4 is 4.74 Å². The van der Waals surface area contributed by atoms with Crippen molar-refractivity contribution < 1.29 is 9.47 Å². The van der Waals surface area contributed by atoms with E-state index in [2.05, 4.69) is 26.8 Å². The molecule has 18 heavy (non-hydrogen) atoms. The Hall–Kier alpha value is -1.53. The lowest BCUT2D eigenvalue weighted by atomic mass is 9.93. The molecule has 0 saturated heterocycles. The van der Waals surface area contributed by atoms with Crippen molar-refractivity contribution in [2.75, 3.05) is 19.8 Å². The molecule has 0 N–H and O–H groups in total. The largest absolute Gasteiger partial charge is 0.490 e. The first-order valence-corrected chi connectivity index (χ1v) is 6.22. The van der Waals surface area contributed by atoms with Crippen LogP contribution in [0.15, 0.2) is 24.3 Å². The summed E-state index contributed by atoms with van der Waals surface area (Å²) < 4.78 is 11.0. The Bertz CT molecular complexity index is 402. The van der Waals surface area contributed by atoms with E-state index < -0.39 is 0 Å². The van der Waals surface area contributed by atoms with Gasteiger partial charge in [0, 0.05) is 6.61 Å². The third kappa shape index (κ3) is 5.70. The summed E-state index contributed by atoms with van der Waals surface area (Å²) in [7, 11) is 0. The van der Waals surface area contributed by atoms with Crippen LogP contribution >= 0.6 is 0 Å². The van der Waals surface area contributed by atoms with E-state index in [0.29, 0.717) is 29.9 Å². The zero-order chi connectivity index (χ0) is 13.4. The fourth-order valence-electron chi connectivity index (χ4n) is 1.38. The second kappa shape index (κ2) is 7.03. The standard InChI is InChI=1S/C15H21NO2/c1-15(2,3)8-9-17-10-11-18-14-7-5-4-6-13(14)12-16/h4-7H,8-11H2,1-3H3. The second-order valence-electron chi connectivity index (χ2n) is 5.38. The number of ether oxygens (including phenoxy) is 2. The molecule has 0 heterocycles. The summed E-state index contributed by atoms with van der Waals surface area (Å²) in [6.07, 6.45) is 1.03. The number of nitriles is 1. The minimum atomic E-state index is 0.300. The Morgan fingerprint density at radius 2 is 1.83 bits per heavy atom. The van der Waals surface area contributed by atoms with E-state index in [9.17, 15) is 0 Å². The maximum Gasteiger partial charge on any atom is 0.137 e. The van der Waals surface area contributed by atoms with Crippen molar-refractivity contribution in [3.63, 3.8) is 0 Å². The molecule has 0 atom stereocenters. The van der Waals surface area contributed by atoms with Crippen LogP contribution in [0.25, 0.3) is 0 Å². The van der Waals surface area contributed by atoms with E-state index in [1.807, 2.05) is 12.1 Å². The highest BCUT2D eigenvalue weighted by molar-refractivity contribution is 5.42. The van der Waals surface area contributed by atoms with Crippen molar-refractivity contribution in [1.29, 1.82) is 5.26 Å². The first kappa shape index (κ1) is 14.5. The minimum absolute atomic E-state index is 0.300. The smallest absolute Gasteiger partial charge is 0.137 e.